The molecule has 2 N–H and O–H groups in total. The summed E-state index contributed by atoms with van der Waals surface area (Å²) in [6.07, 6.45) is 2.08. The topological polar surface area (TPSA) is 66.6 Å². The van der Waals surface area contributed by atoms with Gasteiger partial charge in [0.25, 0.3) is 0 Å². The Labute approximate surface area is 124 Å². The highest BCUT2D eigenvalue weighted by atomic mass is 16.2. The summed E-state index contributed by atoms with van der Waals surface area (Å²) >= 11 is 0. The van der Waals surface area contributed by atoms with Gasteiger partial charge < -0.3 is 15.5 Å². The Morgan fingerprint density at radius 1 is 1.14 bits per heavy atom. The highest BCUT2D eigenvalue weighted by Crippen LogP contribution is 2.53. The molecule has 0 spiro atoms. The molecule has 1 unspecified atom stereocenters. The number of hydrogen-bond acceptors (Lipinski definition) is 3. The summed E-state index contributed by atoms with van der Waals surface area (Å²) in [7, 11) is 1.66. The van der Waals surface area contributed by atoms with Crippen LogP contribution in [0, 0.1) is 0 Å². The molecule has 5 nitrogen and oxygen atoms in total. The summed E-state index contributed by atoms with van der Waals surface area (Å²) in [5.74, 6) is -0.890. The first-order valence-electron chi connectivity index (χ1n) is 7.39. The molecule has 2 fully saturated rings. The van der Waals surface area contributed by atoms with Crippen molar-refractivity contribution >= 4 is 17.5 Å². The summed E-state index contributed by atoms with van der Waals surface area (Å²) in [4.78, 5) is 27.3. The Morgan fingerprint density at radius 2 is 1.81 bits per heavy atom. The molecule has 5 heteroatoms. The van der Waals surface area contributed by atoms with Crippen molar-refractivity contribution in [2.45, 2.75) is 31.2 Å². The number of likely N-dealkylation sites (N-methyl/N-ethyl adjacent to an activating group) is 1. The zero-order chi connectivity index (χ0) is 15.2. The van der Waals surface area contributed by atoms with E-state index < -0.39 is 11.8 Å². The van der Waals surface area contributed by atoms with Gasteiger partial charge >= 0.3 is 11.8 Å². The minimum atomic E-state index is -0.448. The Balaban J connectivity index is 2.01. The number of para-hydroxylation sites is 1. The van der Waals surface area contributed by atoms with Crippen LogP contribution in [-0.4, -0.2) is 42.9 Å². The maximum absolute atomic E-state index is 12.3. The highest BCUT2D eigenvalue weighted by Gasteiger charge is 2.49. The molecule has 2 amide bonds. The van der Waals surface area contributed by atoms with E-state index in [4.69, 9.17) is 5.73 Å². The van der Waals surface area contributed by atoms with Crippen LogP contribution in [0.5, 0.6) is 0 Å². The van der Waals surface area contributed by atoms with Crippen LogP contribution in [-0.2, 0) is 15.0 Å². The number of carbonyl (C=O) groups is 2. The first kappa shape index (κ1) is 14.1. The quantitative estimate of drug-likeness (QED) is 0.839. The fraction of sp³-hybridized carbons (Fsp3) is 0.500. The number of benzene rings is 1. The van der Waals surface area contributed by atoms with Crippen LogP contribution in [0.15, 0.2) is 24.3 Å². The number of nitrogens with zero attached hydrogens (tertiary/aromatic N) is 2. The average Bonchev–Trinajstić information content (AvgIpc) is 3.27. The van der Waals surface area contributed by atoms with E-state index in [0.717, 1.165) is 24.1 Å². The lowest BCUT2D eigenvalue weighted by atomic mass is 9.87. The van der Waals surface area contributed by atoms with Gasteiger partial charge in [0.2, 0.25) is 0 Å². The average molecular weight is 287 g/mol. The number of piperazine rings is 1. The summed E-state index contributed by atoms with van der Waals surface area (Å²) in [5, 5.41) is 0. The number of hydrogen-bond donors (Lipinski definition) is 1. The molecule has 1 saturated heterocycles. The summed E-state index contributed by atoms with van der Waals surface area (Å²) in [5.41, 5.74) is 8.08. The van der Waals surface area contributed by atoms with Gasteiger partial charge in [-0.15, -0.1) is 0 Å². The van der Waals surface area contributed by atoms with E-state index >= 15 is 0 Å². The van der Waals surface area contributed by atoms with Gasteiger partial charge in [-0.1, -0.05) is 18.2 Å². The number of rotatable bonds is 3. The molecule has 1 aromatic rings. The van der Waals surface area contributed by atoms with Crippen molar-refractivity contribution in [3.63, 3.8) is 0 Å². The van der Waals surface area contributed by atoms with Gasteiger partial charge in [-0.3, -0.25) is 9.59 Å². The van der Waals surface area contributed by atoms with Crippen molar-refractivity contribution in [1.29, 1.82) is 0 Å². The van der Waals surface area contributed by atoms with Gasteiger partial charge in [0.15, 0.2) is 0 Å². The monoisotopic (exact) mass is 287 g/mol. The third-order valence-electron chi connectivity index (χ3n) is 4.83. The second kappa shape index (κ2) is 4.84. The maximum atomic E-state index is 12.3. The fourth-order valence-corrected chi connectivity index (χ4v) is 3.20. The lowest BCUT2D eigenvalue weighted by Crippen LogP contribution is -2.53. The fourth-order valence-electron chi connectivity index (χ4n) is 3.20. The zero-order valence-electron chi connectivity index (χ0n) is 12.5. The highest BCUT2D eigenvalue weighted by molar-refractivity contribution is 6.41. The van der Waals surface area contributed by atoms with Crippen LogP contribution in [0.1, 0.15) is 25.3 Å². The number of amides is 2. The van der Waals surface area contributed by atoms with Gasteiger partial charge in [0.1, 0.15) is 0 Å². The number of nitrogens with two attached hydrogens (primary N) is 1. The third-order valence-corrected chi connectivity index (χ3v) is 4.83. The van der Waals surface area contributed by atoms with Crippen LogP contribution in [0.25, 0.3) is 0 Å². The predicted molar refractivity (Wildman–Crippen MR) is 81.0 cm³/mol. The maximum Gasteiger partial charge on any atom is 0.316 e. The molecule has 1 aromatic carbocycles. The van der Waals surface area contributed by atoms with Crippen molar-refractivity contribution in [2.24, 2.45) is 5.73 Å². The van der Waals surface area contributed by atoms with Gasteiger partial charge in [0.05, 0.1) is 0 Å². The van der Waals surface area contributed by atoms with E-state index in [-0.39, 0.29) is 11.5 Å². The van der Waals surface area contributed by atoms with Gasteiger partial charge in [-0.05, 0) is 31.4 Å². The normalized spacial score (nSPS) is 22.4. The lowest BCUT2D eigenvalue weighted by molar-refractivity contribution is -0.145. The summed E-state index contributed by atoms with van der Waals surface area (Å²) in [6, 6.07) is 7.89. The molecular formula is C16H21N3O2. The van der Waals surface area contributed by atoms with E-state index in [1.165, 1.54) is 4.90 Å². The molecule has 0 bridgehead atoms. The van der Waals surface area contributed by atoms with E-state index in [2.05, 4.69) is 0 Å². The van der Waals surface area contributed by atoms with E-state index in [0.29, 0.717) is 13.1 Å². The van der Waals surface area contributed by atoms with E-state index in [1.54, 1.807) is 11.9 Å². The first-order valence-corrected chi connectivity index (χ1v) is 7.39. The molecule has 1 heterocycles. The van der Waals surface area contributed by atoms with Crippen LogP contribution in [0.4, 0.5) is 5.69 Å². The lowest BCUT2D eigenvalue weighted by Gasteiger charge is -2.34. The molecule has 3 rings (SSSR count). The number of carbonyl (C=O) groups excluding carboxylic acids is 2. The Hall–Kier alpha value is -1.88. The molecule has 112 valence electrons. The second-order valence-electron chi connectivity index (χ2n) is 6.15. The van der Waals surface area contributed by atoms with Crippen molar-refractivity contribution in [1.82, 2.24) is 4.90 Å². The van der Waals surface area contributed by atoms with E-state index in [9.17, 15) is 9.59 Å². The van der Waals surface area contributed by atoms with Gasteiger partial charge in [-0.2, -0.15) is 0 Å². The molecule has 2 aliphatic rings. The zero-order valence-corrected chi connectivity index (χ0v) is 12.5. The van der Waals surface area contributed by atoms with Crippen LogP contribution in [0.3, 0.4) is 0 Å². The Bertz CT molecular complexity index is 593. The molecule has 1 aliphatic heterocycles. The van der Waals surface area contributed by atoms with Gasteiger partial charge in [-0.25, -0.2) is 0 Å². The third kappa shape index (κ3) is 2.12. The second-order valence-corrected chi connectivity index (χ2v) is 6.15. The van der Waals surface area contributed by atoms with Crippen molar-refractivity contribution < 1.29 is 9.59 Å². The Kier molecular flexibility index (Phi) is 3.24. The van der Waals surface area contributed by atoms with Crippen LogP contribution >= 0.6 is 0 Å². The molecule has 1 saturated carbocycles. The molecule has 1 aliphatic carbocycles. The molecule has 21 heavy (non-hydrogen) atoms. The van der Waals surface area contributed by atoms with Crippen LogP contribution < -0.4 is 10.6 Å². The predicted octanol–water partition coefficient (Wildman–Crippen LogP) is 0.870. The standard InChI is InChI=1S/C16H21N3O2/c1-11(17)16(7-8-16)12-5-3-4-6-13(12)19-10-9-18(2)14(20)15(19)21/h3-6,11H,7-10,17H2,1-2H3. The summed E-state index contributed by atoms with van der Waals surface area (Å²) in [6.45, 7) is 3.11. The largest absolute Gasteiger partial charge is 0.336 e. The SMILES string of the molecule is CC(N)C1(c2ccccc2N2CCN(C)C(=O)C2=O)CC1. The molecule has 0 aromatic heterocycles. The molecular weight excluding hydrogens is 266 g/mol. The van der Waals surface area contributed by atoms with E-state index in [1.807, 2.05) is 31.2 Å². The van der Waals surface area contributed by atoms with Crippen molar-refractivity contribution in [3.05, 3.63) is 29.8 Å². The van der Waals surface area contributed by atoms with Crippen LogP contribution in [0.2, 0.25) is 0 Å². The minimum Gasteiger partial charge on any atom is -0.336 e. The molecule has 1 atom stereocenters. The van der Waals surface area contributed by atoms with Gasteiger partial charge in [0, 0.05) is 37.3 Å². The van der Waals surface area contributed by atoms with Crippen molar-refractivity contribution in [2.75, 3.05) is 25.0 Å². The number of anilines is 1. The van der Waals surface area contributed by atoms with Crippen molar-refractivity contribution in [3.8, 4) is 0 Å². The first-order chi connectivity index (χ1) is 9.97. The smallest absolute Gasteiger partial charge is 0.316 e. The summed E-state index contributed by atoms with van der Waals surface area (Å²) < 4.78 is 0. The Morgan fingerprint density at radius 3 is 2.43 bits per heavy atom. The minimum absolute atomic E-state index is 0.0384. The molecule has 0 radical (unpaired) electrons.